The van der Waals surface area contributed by atoms with Crippen molar-refractivity contribution in [2.75, 3.05) is 0 Å². The van der Waals surface area contributed by atoms with E-state index in [0.717, 1.165) is 16.6 Å². The summed E-state index contributed by atoms with van der Waals surface area (Å²) in [4.78, 5) is 19.6. The quantitative estimate of drug-likeness (QED) is 0.740. The summed E-state index contributed by atoms with van der Waals surface area (Å²) < 4.78 is 12.8. The molecule has 2 aromatic carbocycles. The van der Waals surface area contributed by atoms with Crippen molar-refractivity contribution >= 4 is 16.8 Å². The van der Waals surface area contributed by atoms with Gasteiger partial charge in [0, 0.05) is 5.56 Å². The summed E-state index contributed by atoms with van der Waals surface area (Å²) in [7, 11) is 0. The Bertz CT molecular complexity index is 775. The Morgan fingerprint density at radius 2 is 1.95 bits per heavy atom. The first-order valence-electron chi connectivity index (χ1n) is 6.36. The highest BCUT2D eigenvalue weighted by Gasteiger charge is 2.10. The van der Waals surface area contributed by atoms with Gasteiger partial charge in [-0.1, -0.05) is 6.07 Å². The van der Waals surface area contributed by atoms with E-state index in [1.165, 1.54) is 24.3 Å². The molecule has 20 heavy (non-hydrogen) atoms. The normalized spacial score (nSPS) is 10.9. The van der Waals surface area contributed by atoms with E-state index in [4.69, 9.17) is 0 Å². The molecule has 0 aliphatic heterocycles. The molecule has 3 rings (SSSR count). The monoisotopic (exact) mass is 268 g/mol. The minimum Gasteiger partial charge on any atom is -0.342 e. The number of carbonyl (C=O) groups excluding carboxylic acids is 1. The molecule has 0 unspecified atom stereocenters. The molecule has 0 radical (unpaired) electrons. The van der Waals surface area contributed by atoms with Crippen molar-refractivity contribution in [3.05, 3.63) is 65.2 Å². The summed E-state index contributed by atoms with van der Waals surface area (Å²) in [5.41, 5.74) is 3.39. The number of hydrogen-bond donors (Lipinski definition) is 1. The number of carbonyl (C=O) groups is 1. The van der Waals surface area contributed by atoms with Crippen LogP contribution in [-0.4, -0.2) is 15.8 Å². The van der Waals surface area contributed by atoms with Crippen molar-refractivity contribution in [2.24, 2.45) is 0 Å². The van der Waals surface area contributed by atoms with Crippen molar-refractivity contribution in [1.82, 2.24) is 9.97 Å². The number of H-pyrrole nitrogens is 1. The molecule has 3 nitrogen and oxygen atoms in total. The molecule has 1 heterocycles. The zero-order valence-electron chi connectivity index (χ0n) is 11.0. The highest BCUT2D eigenvalue weighted by atomic mass is 19.1. The highest BCUT2D eigenvalue weighted by Crippen LogP contribution is 2.14. The largest absolute Gasteiger partial charge is 0.342 e. The van der Waals surface area contributed by atoms with Gasteiger partial charge in [-0.2, -0.15) is 0 Å². The van der Waals surface area contributed by atoms with E-state index in [9.17, 15) is 9.18 Å². The molecule has 0 aliphatic rings. The summed E-state index contributed by atoms with van der Waals surface area (Å²) in [5, 5.41) is 0. The van der Waals surface area contributed by atoms with Gasteiger partial charge in [0.1, 0.15) is 11.6 Å². The Hall–Kier alpha value is -2.49. The van der Waals surface area contributed by atoms with E-state index in [1.807, 2.05) is 25.1 Å². The zero-order valence-corrected chi connectivity index (χ0v) is 11.0. The summed E-state index contributed by atoms with van der Waals surface area (Å²) in [6.45, 7) is 2.00. The van der Waals surface area contributed by atoms with Crippen LogP contribution in [-0.2, 0) is 6.42 Å². The first-order valence-corrected chi connectivity index (χ1v) is 6.36. The predicted octanol–water partition coefficient (Wildman–Crippen LogP) is 3.44. The van der Waals surface area contributed by atoms with E-state index in [1.54, 1.807) is 0 Å². The van der Waals surface area contributed by atoms with Crippen molar-refractivity contribution in [3.63, 3.8) is 0 Å². The van der Waals surface area contributed by atoms with E-state index in [0.29, 0.717) is 11.4 Å². The SMILES string of the molecule is Cc1ccc2nc(CC(=O)c3ccc(F)cc3)[nH]c2c1. The number of nitrogens with one attached hydrogen (secondary N) is 1. The molecule has 0 spiro atoms. The molecular weight excluding hydrogens is 255 g/mol. The maximum atomic E-state index is 12.8. The topological polar surface area (TPSA) is 45.8 Å². The molecule has 0 saturated carbocycles. The second-order valence-corrected chi connectivity index (χ2v) is 4.81. The molecule has 0 fully saturated rings. The second-order valence-electron chi connectivity index (χ2n) is 4.81. The number of hydrogen-bond acceptors (Lipinski definition) is 2. The summed E-state index contributed by atoms with van der Waals surface area (Å²) >= 11 is 0. The molecule has 3 aromatic rings. The van der Waals surface area contributed by atoms with Crippen LogP contribution in [0.5, 0.6) is 0 Å². The first kappa shape index (κ1) is 12.5. The predicted molar refractivity (Wildman–Crippen MR) is 75.3 cm³/mol. The molecule has 0 aliphatic carbocycles. The van der Waals surface area contributed by atoms with Crippen LogP contribution in [0.3, 0.4) is 0 Å². The lowest BCUT2D eigenvalue weighted by molar-refractivity contribution is 0.0991. The number of fused-ring (bicyclic) bond motifs is 1. The van der Waals surface area contributed by atoms with Gasteiger partial charge in [-0.3, -0.25) is 4.79 Å². The zero-order chi connectivity index (χ0) is 14.1. The summed E-state index contributed by atoms with van der Waals surface area (Å²) in [6, 6.07) is 11.5. The fourth-order valence-corrected chi connectivity index (χ4v) is 2.15. The first-order chi connectivity index (χ1) is 9.61. The number of ketones is 1. The highest BCUT2D eigenvalue weighted by molar-refractivity contribution is 5.97. The number of halogens is 1. The van der Waals surface area contributed by atoms with Gasteiger partial charge in [-0.05, 0) is 48.9 Å². The number of rotatable bonds is 3. The van der Waals surface area contributed by atoms with Crippen LogP contribution >= 0.6 is 0 Å². The molecule has 100 valence electrons. The van der Waals surface area contributed by atoms with Crippen LogP contribution in [0.2, 0.25) is 0 Å². The van der Waals surface area contributed by atoms with Gasteiger partial charge in [0.2, 0.25) is 0 Å². The molecule has 1 aromatic heterocycles. The molecule has 0 atom stereocenters. The van der Waals surface area contributed by atoms with Gasteiger partial charge in [0.25, 0.3) is 0 Å². The number of Topliss-reactive ketones (excluding diaryl/α,β-unsaturated/α-hetero) is 1. The van der Waals surface area contributed by atoms with Gasteiger partial charge in [-0.15, -0.1) is 0 Å². The van der Waals surface area contributed by atoms with Crippen molar-refractivity contribution < 1.29 is 9.18 Å². The lowest BCUT2D eigenvalue weighted by atomic mass is 10.1. The fourth-order valence-electron chi connectivity index (χ4n) is 2.15. The van der Waals surface area contributed by atoms with Crippen molar-refractivity contribution in [1.29, 1.82) is 0 Å². The number of imidazole rings is 1. The lowest BCUT2D eigenvalue weighted by Crippen LogP contribution is -2.04. The van der Waals surface area contributed by atoms with E-state index < -0.39 is 0 Å². The maximum absolute atomic E-state index is 12.8. The molecule has 0 bridgehead atoms. The summed E-state index contributed by atoms with van der Waals surface area (Å²) in [5.74, 6) is 0.196. The Morgan fingerprint density at radius 3 is 2.70 bits per heavy atom. The van der Waals surface area contributed by atoms with E-state index in [-0.39, 0.29) is 18.0 Å². The number of nitrogens with zero attached hydrogens (tertiary/aromatic N) is 1. The smallest absolute Gasteiger partial charge is 0.170 e. The van der Waals surface area contributed by atoms with Crippen LogP contribution in [0.4, 0.5) is 4.39 Å². The van der Waals surface area contributed by atoms with E-state index >= 15 is 0 Å². The molecular formula is C16H13FN2O. The van der Waals surface area contributed by atoms with Crippen LogP contribution in [0.15, 0.2) is 42.5 Å². The van der Waals surface area contributed by atoms with Crippen molar-refractivity contribution in [3.8, 4) is 0 Å². The minimum atomic E-state index is -0.347. The standard InChI is InChI=1S/C16H13FN2O/c1-10-2-7-13-14(8-10)19-16(18-13)9-15(20)11-3-5-12(17)6-4-11/h2-8H,9H2,1H3,(H,18,19). The molecule has 4 heteroatoms. The van der Waals surface area contributed by atoms with Gasteiger partial charge in [0.15, 0.2) is 5.78 Å². The van der Waals surface area contributed by atoms with Gasteiger partial charge in [0.05, 0.1) is 17.5 Å². The lowest BCUT2D eigenvalue weighted by Gasteiger charge is -1.98. The van der Waals surface area contributed by atoms with E-state index in [2.05, 4.69) is 9.97 Å². The van der Waals surface area contributed by atoms with Gasteiger partial charge in [-0.25, -0.2) is 9.37 Å². The molecule has 0 saturated heterocycles. The third-order valence-electron chi connectivity index (χ3n) is 3.18. The maximum Gasteiger partial charge on any atom is 0.170 e. The minimum absolute atomic E-state index is 0.0826. The van der Waals surface area contributed by atoms with Crippen LogP contribution in [0.1, 0.15) is 21.7 Å². The third-order valence-corrected chi connectivity index (χ3v) is 3.18. The van der Waals surface area contributed by atoms with Gasteiger partial charge >= 0.3 is 0 Å². The Labute approximate surface area is 115 Å². The van der Waals surface area contributed by atoms with Crippen LogP contribution < -0.4 is 0 Å². The molecule has 1 N–H and O–H groups in total. The number of benzene rings is 2. The summed E-state index contributed by atoms with van der Waals surface area (Å²) in [6.07, 6.45) is 0.180. The second kappa shape index (κ2) is 4.89. The average molecular weight is 268 g/mol. The van der Waals surface area contributed by atoms with Crippen LogP contribution in [0.25, 0.3) is 11.0 Å². The Kier molecular flexibility index (Phi) is 3.06. The number of aromatic amines is 1. The van der Waals surface area contributed by atoms with Crippen LogP contribution in [0, 0.1) is 12.7 Å². The fraction of sp³-hybridized carbons (Fsp3) is 0.125. The van der Waals surface area contributed by atoms with Gasteiger partial charge < -0.3 is 4.98 Å². The Morgan fingerprint density at radius 1 is 1.20 bits per heavy atom. The van der Waals surface area contributed by atoms with Crippen molar-refractivity contribution in [2.45, 2.75) is 13.3 Å². The number of aromatic nitrogens is 2. The third kappa shape index (κ3) is 2.45. The number of aryl methyl sites for hydroxylation is 1. The Balaban J connectivity index is 1.85. The average Bonchev–Trinajstić information content (AvgIpc) is 2.80. The molecule has 0 amide bonds.